The summed E-state index contributed by atoms with van der Waals surface area (Å²) < 4.78 is 5.33. The van der Waals surface area contributed by atoms with Crippen molar-refractivity contribution in [2.75, 3.05) is 13.1 Å². The average Bonchev–Trinajstić information content (AvgIpc) is 3.25. The molecule has 4 N–H and O–H groups in total. The molecule has 10 heteroatoms. The maximum absolute atomic E-state index is 13.6. The Labute approximate surface area is 214 Å². The summed E-state index contributed by atoms with van der Waals surface area (Å²) in [6.45, 7) is 14.6. The van der Waals surface area contributed by atoms with Crippen molar-refractivity contribution in [2.45, 2.75) is 97.1 Å². The summed E-state index contributed by atoms with van der Waals surface area (Å²) in [4.78, 5) is 52.9. The average molecular weight is 507 g/mol. The van der Waals surface area contributed by atoms with Gasteiger partial charge in [0.05, 0.1) is 6.04 Å². The normalized spacial score (nSPS) is 18.3. The van der Waals surface area contributed by atoms with Crippen molar-refractivity contribution in [3.05, 3.63) is 12.7 Å². The highest BCUT2D eigenvalue weighted by molar-refractivity contribution is 5.93. The first-order valence-corrected chi connectivity index (χ1v) is 12.2. The Kier molecular flexibility index (Phi) is 11.4. The van der Waals surface area contributed by atoms with Gasteiger partial charge in [-0.15, -0.1) is 18.9 Å². The highest BCUT2D eigenvalue weighted by atomic mass is 16.6. The van der Waals surface area contributed by atoms with E-state index < -0.39 is 59.1 Å². The van der Waals surface area contributed by atoms with Gasteiger partial charge in [-0.1, -0.05) is 26.8 Å². The van der Waals surface area contributed by atoms with Gasteiger partial charge < -0.3 is 30.7 Å². The first-order chi connectivity index (χ1) is 16.6. The van der Waals surface area contributed by atoms with Crippen LogP contribution in [0.1, 0.15) is 67.2 Å². The van der Waals surface area contributed by atoms with Crippen molar-refractivity contribution >= 4 is 23.8 Å². The van der Waals surface area contributed by atoms with Crippen LogP contribution < -0.4 is 16.0 Å². The Bertz CT molecular complexity index is 852. The summed E-state index contributed by atoms with van der Waals surface area (Å²) in [5.74, 6) is 0.879. The number of hydrogen-bond acceptors (Lipinski definition) is 6. The van der Waals surface area contributed by atoms with Crippen LogP contribution in [0.2, 0.25) is 0 Å². The van der Waals surface area contributed by atoms with E-state index in [2.05, 4.69) is 28.4 Å². The fourth-order valence-electron chi connectivity index (χ4n) is 3.83. The molecule has 1 rings (SSSR count). The van der Waals surface area contributed by atoms with E-state index in [1.807, 2.05) is 20.8 Å². The molecule has 1 heterocycles. The number of alkyl carbamates (subject to hydrolysis) is 1. The van der Waals surface area contributed by atoms with Crippen LogP contribution in [-0.4, -0.2) is 76.7 Å². The Morgan fingerprint density at radius 1 is 1.19 bits per heavy atom. The van der Waals surface area contributed by atoms with E-state index in [-0.39, 0.29) is 19.4 Å². The number of terminal acetylenes is 1. The second-order valence-electron chi connectivity index (χ2n) is 11.0. The van der Waals surface area contributed by atoms with Gasteiger partial charge in [-0.25, -0.2) is 4.79 Å². The molecule has 0 aromatic carbocycles. The van der Waals surface area contributed by atoms with Gasteiger partial charge in [-0.05, 0) is 45.4 Å². The Hall–Kier alpha value is -3.06. The predicted octanol–water partition coefficient (Wildman–Crippen LogP) is 1.48. The molecule has 1 aliphatic heterocycles. The first-order valence-electron chi connectivity index (χ1n) is 12.2. The van der Waals surface area contributed by atoms with E-state index in [4.69, 9.17) is 11.2 Å². The van der Waals surface area contributed by atoms with Crippen LogP contribution in [0, 0.1) is 17.8 Å². The second kappa shape index (κ2) is 13.3. The lowest BCUT2D eigenvalue weighted by molar-refractivity contribution is -0.143. The van der Waals surface area contributed by atoms with Crippen molar-refractivity contribution < 1.29 is 29.0 Å². The quantitative estimate of drug-likeness (QED) is 0.262. The molecule has 1 saturated heterocycles. The van der Waals surface area contributed by atoms with E-state index >= 15 is 0 Å². The number of nitrogens with one attached hydrogen (secondary N) is 3. The van der Waals surface area contributed by atoms with Gasteiger partial charge >= 0.3 is 6.09 Å². The molecule has 10 nitrogen and oxygen atoms in total. The van der Waals surface area contributed by atoms with Crippen LogP contribution in [0.25, 0.3) is 0 Å². The molecular weight excluding hydrogens is 464 g/mol. The number of carbonyl (C=O) groups excluding carboxylic acids is 4. The zero-order valence-corrected chi connectivity index (χ0v) is 22.3. The number of amides is 4. The molecule has 0 spiro atoms. The number of hydrogen-bond donors (Lipinski definition) is 4. The monoisotopic (exact) mass is 506 g/mol. The summed E-state index contributed by atoms with van der Waals surface area (Å²) >= 11 is 0. The molecule has 0 aromatic rings. The van der Waals surface area contributed by atoms with E-state index in [0.717, 1.165) is 0 Å². The number of likely N-dealkylation sites (tertiary alicyclic amines) is 1. The molecular formula is C26H42N4O6. The topological polar surface area (TPSA) is 137 Å². The number of nitrogens with zero attached hydrogens (tertiary/aromatic N) is 1. The second-order valence-corrected chi connectivity index (χ2v) is 11.0. The number of carbonyl (C=O) groups is 4. The summed E-state index contributed by atoms with van der Waals surface area (Å²) in [5.41, 5.74) is -1.40. The van der Waals surface area contributed by atoms with Gasteiger partial charge in [0, 0.05) is 19.5 Å². The van der Waals surface area contributed by atoms with Gasteiger partial charge in [0.2, 0.25) is 11.8 Å². The van der Waals surface area contributed by atoms with Gasteiger partial charge in [0.15, 0.2) is 6.10 Å². The maximum Gasteiger partial charge on any atom is 0.408 e. The molecule has 0 aliphatic carbocycles. The smallest absolute Gasteiger partial charge is 0.408 e. The largest absolute Gasteiger partial charge is 0.444 e. The zero-order valence-electron chi connectivity index (χ0n) is 22.3. The highest BCUT2D eigenvalue weighted by Crippen LogP contribution is 2.26. The lowest BCUT2D eigenvalue weighted by atomic mass is 9.85. The van der Waals surface area contributed by atoms with Crippen molar-refractivity contribution in [1.82, 2.24) is 20.9 Å². The van der Waals surface area contributed by atoms with Crippen molar-refractivity contribution in [3.63, 3.8) is 0 Å². The standard InChI is InChI=1S/C26H42N4O6/c1-9-11-13-17(19(31)22(33)27-15-10-2)28-21(32)18-14-12-16-30(18)23(34)20(25(3,4)5)29-24(35)36-26(6,7)8/h1,10,17-20,31H,2,11-16H2,3-8H3,(H,27,33)(H,28,32)(H,29,35)/t17?,18-,19?,20+/m0/s1. The van der Waals surface area contributed by atoms with Crippen molar-refractivity contribution in [2.24, 2.45) is 5.41 Å². The molecule has 0 aromatic heterocycles. The molecule has 202 valence electrons. The molecule has 0 radical (unpaired) electrons. The SMILES string of the molecule is C#CCCC(NC(=O)[C@@H]1CCCN1C(=O)[C@@H](NC(=O)OC(C)(C)C)C(C)(C)C)C(O)C(=O)NCC=C. The third-order valence-electron chi connectivity index (χ3n) is 5.61. The van der Waals surface area contributed by atoms with Gasteiger partial charge in [-0.3, -0.25) is 14.4 Å². The lowest BCUT2D eigenvalue weighted by Gasteiger charge is -2.36. The molecule has 1 fully saturated rings. The Morgan fingerprint density at radius 2 is 1.83 bits per heavy atom. The van der Waals surface area contributed by atoms with E-state index in [9.17, 15) is 24.3 Å². The van der Waals surface area contributed by atoms with Crippen LogP contribution in [0.4, 0.5) is 4.79 Å². The van der Waals surface area contributed by atoms with Crippen LogP contribution >= 0.6 is 0 Å². The van der Waals surface area contributed by atoms with Gasteiger partial charge in [-0.2, -0.15) is 0 Å². The molecule has 2 unspecified atom stereocenters. The first kappa shape index (κ1) is 31.0. The van der Waals surface area contributed by atoms with Crippen LogP contribution in [0.5, 0.6) is 0 Å². The van der Waals surface area contributed by atoms with Crippen molar-refractivity contribution in [3.8, 4) is 12.3 Å². The van der Waals surface area contributed by atoms with E-state index in [1.54, 1.807) is 20.8 Å². The van der Waals surface area contributed by atoms with E-state index in [1.165, 1.54) is 11.0 Å². The summed E-state index contributed by atoms with van der Waals surface area (Å²) in [7, 11) is 0. The summed E-state index contributed by atoms with van der Waals surface area (Å²) in [6.07, 6.45) is 5.97. The van der Waals surface area contributed by atoms with Crippen LogP contribution in [0.15, 0.2) is 12.7 Å². The van der Waals surface area contributed by atoms with Crippen LogP contribution in [0.3, 0.4) is 0 Å². The minimum atomic E-state index is -1.52. The third kappa shape index (κ3) is 9.53. The van der Waals surface area contributed by atoms with Crippen molar-refractivity contribution in [1.29, 1.82) is 0 Å². The molecule has 4 atom stereocenters. The Morgan fingerprint density at radius 3 is 2.36 bits per heavy atom. The van der Waals surface area contributed by atoms with Crippen LogP contribution in [-0.2, 0) is 19.1 Å². The molecule has 36 heavy (non-hydrogen) atoms. The summed E-state index contributed by atoms with van der Waals surface area (Å²) in [6, 6.07) is -2.69. The Balaban J connectivity index is 3.05. The zero-order chi connectivity index (χ0) is 27.7. The fourth-order valence-corrected chi connectivity index (χ4v) is 3.83. The highest BCUT2D eigenvalue weighted by Gasteiger charge is 2.43. The number of aliphatic hydroxyl groups is 1. The maximum atomic E-state index is 13.6. The lowest BCUT2D eigenvalue weighted by Crippen LogP contribution is -2.59. The molecule has 0 saturated carbocycles. The fraction of sp³-hybridized carbons (Fsp3) is 0.692. The molecule has 1 aliphatic rings. The minimum absolute atomic E-state index is 0.162. The molecule has 0 bridgehead atoms. The number of aliphatic hydroxyl groups excluding tert-OH is 1. The third-order valence-corrected chi connectivity index (χ3v) is 5.61. The number of rotatable bonds is 10. The summed E-state index contributed by atoms with van der Waals surface area (Å²) in [5, 5.41) is 18.4. The number of ether oxygens (including phenoxy) is 1. The minimum Gasteiger partial charge on any atom is -0.444 e. The molecule has 4 amide bonds. The van der Waals surface area contributed by atoms with Gasteiger partial charge in [0.1, 0.15) is 17.7 Å². The van der Waals surface area contributed by atoms with E-state index in [0.29, 0.717) is 19.4 Å². The van der Waals surface area contributed by atoms with Gasteiger partial charge in [0.25, 0.3) is 5.91 Å². The predicted molar refractivity (Wildman–Crippen MR) is 137 cm³/mol.